The van der Waals surface area contributed by atoms with Crippen LogP contribution in [0.15, 0.2) is 11.4 Å². The Balaban J connectivity index is 2.51. The lowest BCUT2D eigenvalue weighted by Gasteiger charge is -2.05. The van der Waals surface area contributed by atoms with E-state index in [1.165, 1.54) is 25.1 Å². The third-order valence-corrected chi connectivity index (χ3v) is 3.22. The Bertz CT molecular complexity index is 482. The predicted octanol–water partition coefficient (Wildman–Crippen LogP) is 1.28. The Morgan fingerprint density at radius 3 is 2.80 bits per heavy atom. The van der Waals surface area contributed by atoms with Crippen LogP contribution in [-0.4, -0.2) is 41.4 Å². The number of nitrogens with two attached hydrogens (primary N) is 1. The van der Waals surface area contributed by atoms with Crippen LogP contribution in [0.2, 0.25) is 0 Å². The molecule has 0 aliphatic heterocycles. The number of nitrogens with zero attached hydrogens (tertiary/aromatic N) is 2. The monoisotopic (exact) mass is 299 g/mol. The van der Waals surface area contributed by atoms with Crippen LogP contribution in [-0.2, 0) is 14.3 Å². The molecular weight excluding hydrogens is 282 g/mol. The lowest BCUT2D eigenvalue weighted by Crippen LogP contribution is -2.10. The lowest BCUT2D eigenvalue weighted by atomic mass is 10.3. The molecule has 0 radical (unpaired) electrons. The number of rotatable bonds is 7. The fraction of sp³-hybridized carbons (Fsp3) is 0.500. The number of methoxy groups -OCH3 is 1. The van der Waals surface area contributed by atoms with Crippen molar-refractivity contribution in [3.05, 3.63) is 11.8 Å². The summed E-state index contributed by atoms with van der Waals surface area (Å²) >= 11 is 1.36. The van der Waals surface area contributed by atoms with Gasteiger partial charge in [0, 0.05) is 18.4 Å². The molecule has 0 aliphatic carbocycles. The normalized spacial score (nSPS) is 10.1. The van der Waals surface area contributed by atoms with Crippen molar-refractivity contribution in [3.63, 3.8) is 0 Å². The molecule has 0 fully saturated rings. The molecule has 7 nitrogen and oxygen atoms in total. The van der Waals surface area contributed by atoms with Crippen LogP contribution < -0.4 is 5.73 Å². The molecule has 1 aromatic rings. The van der Waals surface area contributed by atoms with Gasteiger partial charge in [-0.2, -0.15) is 0 Å². The molecule has 110 valence electrons. The molecule has 20 heavy (non-hydrogen) atoms. The van der Waals surface area contributed by atoms with E-state index >= 15 is 0 Å². The van der Waals surface area contributed by atoms with Gasteiger partial charge in [0.25, 0.3) is 0 Å². The highest BCUT2D eigenvalue weighted by molar-refractivity contribution is 7.99. The minimum atomic E-state index is -0.535. The highest BCUT2D eigenvalue weighted by Gasteiger charge is 2.13. The molecule has 1 rings (SSSR count). The molecule has 0 aromatic carbocycles. The molecule has 0 saturated heterocycles. The highest BCUT2D eigenvalue weighted by atomic mass is 32.2. The van der Waals surface area contributed by atoms with Gasteiger partial charge in [-0.15, -0.1) is 0 Å². The Morgan fingerprint density at radius 1 is 1.45 bits per heavy atom. The van der Waals surface area contributed by atoms with Gasteiger partial charge in [-0.3, -0.25) is 4.79 Å². The number of carbonyl (C=O) groups excluding carboxylic acids is 2. The number of aromatic nitrogens is 2. The summed E-state index contributed by atoms with van der Waals surface area (Å²) in [5, 5.41) is 0.459. The molecule has 1 heterocycles. The van der Waals surface area contributed by atoms with Crippen molar-refractivity contribution in [1.29, 1.82) is 0 Å². The Labute approximate surface area is 121 Å². The number of hydrogen-bond acceptors (Lipinski definition) is 8. The molecule has 0 amide bonds. The largest absolute Gasteiger partial charge is 0.469 e. The molecule has 0 aliphatic rings. The minimum absolute atomic E-state index is 0.0916. The number of carbonyl (C=O) groups is 2. The Morgan fingerprint density at radius 2 is 2.20 bits per heavy atom. The van der Waals surface area contributed by atoms with Gasteiger partial charge < -0.3 is 15.2 Å². The number of thioether (sulfide) groups is 1. The van der Waals surface area contributed by atoms with Crippen LogP contribution in [0.25, 0.3) is 0 Å². The van der Waals surface area contributed by atoms with E-state index in [1.807, 2.05) is 0 Å². The van der Waals surface area contributed by atoms with Crippen LogP contribution in [0.4, 0.5) is 5.82 Å². The van der Waals surface area contributed by atoms with E-state index in [0.717, 1.165) is 0 Å². The molecule has 8 heteroatoms. The number of ether oxygens (including phenoxy) is 2. The van der Waals surface area contributed by atoms with Crippen molar-refractivity contribution in [2.45, 2.75) is 24.9 Å². The van der Waals surface area contributed by atoms with Crippen LogP contribution in [0.5, 0.6) is 0 Å². The summed E-state index contributed by atoms with van der Waals surface area (Å²) in [6.45, 7) is 1.97. The van der Waals surface area contributed by atoms with E-state index in [2.05, 4.69) is 14.7 Å². The van der Waals surface area contributed by atoms with Gasteiger partial charge in [0.1, 0.15) is 11.4 Å². The summed E-state index contributed by atoms with van der Waals surface area (Å²) < 4.78 is 9.36. The van der Waals surface area contributed by atoms with Gasteiger partial charge in [-0.05, 0) is 13.3 Å². The third kappa shape index (κ3) is 5.04. The summed E-state index contributed by atoms with van der Waals surface area (Å²) in [7, 11) is 1.35. The van der Waals surface area contributed by atoms with Gasteiger partial charge in [0.2, 0.25) is 0 Å². The number of esters is 2. The van der Waals surface area contributed by atoms with E-state index < -0.39 is 5.97 Å². The van der Waals surface area contributed by atoms with Crippen LogP contribution >= 0.6 is 11.8 Å². The first-order chi connectivity index (χ1) is 9.58. The zero-order valence-electron chi connectivity index (χ0n) is 11.4. The van der Waals surface area contributed by atoms with E-state index in [4.69, 9.17) is 10.5 Å². The van der Waals surface area contributed by atoms with E-state index in [9.17, 15) is 9.59 Å². The number of anilines is 1. The Kier molecular flexibility index (Phi) is 6.78. The van der Waals surface area contributed by atoms with Crippen molar-refractivity contribution < 1.29 is 19.1 Å². The number of nitrogen functional groups attached to an aromatic ring is 1. The summed E-state index contributed by atoms with van der Waals surface area (Å²) in [6, 6.07) is 0. The SMILES string of the molecule is CCOC(=O)c1cnc(SCCCC(=O)OC)nc1N. The van der Waals surface area contributed by atoms with Crippen molar-refractivity contribution in [3.8, 4) is 0 Å². The second-order valence-electron chi connectivity index (χ2n) is 3.70. The maximum Gasteiger partial charge on any atom is 0.343 e. The fourth-order valence-corrected chi connectivity index (χ4v) is 2.06. The van der Waals surface area contributed by atoms with Gasteiger partial charge >= 0.3 is 11.9 Å². The van der Waals surface area contributed by atoms with Crippen LogP contribution in [0, 0.1) is 0 Å². The molecule has 0 atom stereocenters. The zero-order valence-corrected chi connectivity index (χ0v) is 12.2. The molecular formula is C12H17N3O4S. The van der Waals surface area contributed by atoms with E-state index in [1.54, 1.807) is 6.92 Å². The lowest BCUT2D eigenvalue weighted by molar-refractivity contribution is -0.140. The Hall–Kier alpha value is -1.83. The minimum Gasteiger partial charge on any atom is -0.469 e. The second kappa shape index (κ2) is 8.36. The van der Waals surface area contributed by atoms with Crippen molar-refractivity contribution in [1.82, 2.24) is 9.97 Å². The standard InChI is InChI=1S/C12H17N3O4S/c1-3-19-11(17)8-7-14-12(15-10(8)13)20-6-4-5-9(16)18-2/h7H,3-6H2,1-2H3,(H2,13,14,15). The van der Waals surface area contributed by atoms with Gasteiger partial charge in [-0.1, -0.05) is 11.8 Å². The summed E-state index contributed by atoms with van der Waals surface area (Å²) in [4.78, 5) is 30.5. The van der Waals surface area contributed by atoms with Crippen LogP contribution in [0.3, 0.4) is 0 Å². The first-order valence-corrected chi connectivity index (χ1v) is 7.06. The van der Waals surface area contributed by atoms with Crippen molar-refractivity contribution >= 4 is 29.5 Å². The average molecular weight is 299 g/mol. The maximum atomic E-state index is 11.5. The molecule has 0 spiro atoms. The molecule has 1 aromatic heterocycles. The van der Waals surface area contributed by atoms with Crippen molar-refractivity contribution in [2.75, 3.05) is 25.2 Å². The van der Waals surface area contributed by atoms with E-state index in [0.29, 0.717) is 23.8 Å². The fourth-order valence-electron chi connectivity index (χ4n) is 1.30. The third-order valence-electron chi connectivity index (χ3n) is 2.28. The highest BCUT2D eigenvalue weighted by Crippen LogP contribution is 2.18. The first kappa shape index (κ1) is 16.2. The second-order valence-corrected chi connectivity index (χ2v) is 4.76. The van der Waals surface area contributed by atoms with Crippen LogP contribution in [0.1, 0.15) is 30.1 Å². The molecule has 2 N–H and O–H groups in total. The molecule has 0 bridgehead atoms. The topological polar surface area (TPSA) is 104 Å². The van der Waals surface area contributed by atoms with Gasteiger partial charge in [-0.25, -0.2) is 14.8 Å². The molecule has 0 unspecified atom stereocenters. The smallest absolute Gasteiger partial charge is 0.343 e. The summed E-state index contributed by atoms with van der Waals surface area (Å²) in [5.41, 5.74) is 5.85. The zero-order chi connectivity index (χ0) is 15.0. The molecule has 0 saturated carbocycles. The number of hydrogen-bond donors (Lipinski definition) is 1. The van der Waals surface area contributed by atoms with Gasteiger partial charge in [0.15, 0.2) is 5.16 Å². The first-order valence-electron chi connectivity index (χ1n) is 6.07. The van der Waals surface area contributed by atoms with E-state index in [-0.39, 0.29) is 24.0 Å². The van der Waals surface area contributed by atoms with Gasteiger partial charge in [0.05, 0.1) is 13.7 Å². The summed E-state index contributed by atoms with van der Waals surface area (Å²) in [6.07, 6.45) is 2.35. The average Bonchev–Trinajstić information content (AvgIpc) is 2.43. The quantitative estimate of drug-likeness (QED) is 0.347. The maximum absolute atomic E-state index is 11.5. The predicted molar refractivity (Wildman–Crippen MR) is 74.4 cm³/mol. The van der Waals surface area contributed by atoms with Crippen molar-refractivity contribution in [2.24, 2.45) is 0 Å². The summed E-state index contributed by atoms with van der Waals surface area (Å²) in [5.74, 6) is -0.0299.